The van der Waals surface area contributed by atoms with Crippen LogP contribution in [0.1, 0.15) is 76.1 Å². The van der Waals surface area contributed by atoms with Crippen molar-refractivity contribution >= 4 is 65.0 Å². The van der Waals surface area contributed by atoms with Crippen molar-refractivity contribution in [2.45, 2.75) is 111 Å². The molecule has 2 fully saturated rings. The number of esters is 4. The van der Waals surface area contributed by atoms with Crippen molar-refractivity contribution in [2.75, 3.05) is 104 Å². The van der Waals surface area contributed by atoms with Crippen LogP contribution in [-0.4, -0.2) is 213 Å². The number of nitrogens with one attached hydrogen (secondary N) is 6. The van der Waals surface area contributed by atoms with Crippen molar-refractivity contribution < 1.29 is 118 Å². The van der Waals surface area contributed by atoms with Gasteiger partial charge in [0, 0.05) is 71.4 Å². The zero-order valence-corrected chi connectivity index (χ0v) is 46.2. The first-order valence-electron chi connectivity index (χ1n) is 25.6. The third-order valence-corrected chi connectivity index (χ3v) is 11.7. The van der Waals surface area contributed by atoms with Crippen LogP contribution in [0.15, 0.2) is 18.2 Å². The van der Waals surface area contributed by atoms with Gasteiger partial charge in [-0.05, 0) is 30.0 Å². The fourth-order valence-electron chi connectivity index (χ4n) is 7.89. The molecule has 28 nitrogen and oxygen atoms in total. The average Bonchev–Trinajstić information content (AvgIpc) is 3.43. The lowest BCUT2D eigenvalue weighted by Gasteiger charge is -2.44. The van der Waals surface area contributed by atoms with Crippen molar-refractivity contribution in [2.24, 2.45) is 11.8 Å². The number of ether oxygens (including phenoxy) is 12. The maximum atomic E-state index is 13.3. The van der Waals surface area contributed by atoms with Gasteiger partial charge in [-0.3, -0.25) is 47.9 Å². The first kappa shape index (κ1) is 68.7. The molecule has 0 radical (unpaired) electrons. The minimum absolute atomic E-state index is 0.0115. The molecule has 31 heteroatoms. The lowest BCUT2D eigenvalue weighted by Crippen LogP contribution is -2.66. The van der Waals surface area contributed by atoms with Crippen molar-refractivity contribution in [1.29, 1.82) is 0 Å². The number of halogens is 3. The van der Waals surface area contributed by atoms with E-state index in [1.54, 1.807) is 0 Å². The van der Waals surface area contributed by atoms with Crippen LogP contribution in [-0.2, 0) is 95.2 Å². The summed E-state index contributed by atoms with van der Waals surface area (Å²) in [6.45, 7) is 9.79. The quantitative estimate of drug-likeness (QED) is 0.0296. The Morgan fingerprint density at radius 1 is 0.519 bits per heavy atom. The van der Waals surface area contributed by atoms with Gasteiger partial charge in [0.15, 0.2) is 24.8 Å². The molecule has 6 amide bonds. The number of hydrogen-bond donors (Lipinski definition) is 6. The Morgan fingerprint density at radius 3 is 1.42 bits per heavy atom. The maximum absolute atomic E-state index is 13.3. The summed E-state index contributed by atoms with van der Waals surface area (Å²) in [4.78, 5) is 121. The van der Waals surface area contributed by atoms with E-state index in [0.717, 1.165) is 32.9 Å². The van der Waals surface area contributed by atoms with Crippen molar-refractivity contribution in [3.63, 3.8) is 0 Å². The number of carbonyl (C=O) groups excluding carboxylic acids is 10. The summed E-state index contributed by atoms with van der Waals surface area (Å²) in [5, 5.41) is 14.3. The summed E-state index contributed by atoms with van der Waals surface area (Å²) in [5.74, 6) is -8.58. The minimum Gasteiger partial charge on any atom is -0.463 e. The largest absolute Gasteiger partial charge is 0.471 e. The Labute approximate surface area is 464 Å². The lowest BCUT2D eigenvalue weighted by molar-refractivity contribution is -0.279. The highest BCUT2D eigenvalue weighted by molar-refractivity contribution is 6.03. The molecule has 0 aromatic heterocycles. The van der Waals surface area contributed by atoms with Crippen LogP contribution in [0.5, 0.6) is 0 Å². The molecule has 2 heterocycles. The van der Waals surface area contributed by atoms with E-state index < -0.39 is 122 Å². The molecule has 3 rings (SSSR count). The molecule has 1 aromatic rings. The van der Waals surface area contributed by atoms with Gasteiger partial charge >= 0.3 is 36.0 Å². The van der Waals surface area contributed by atoms with Gasteiger partial charge in [-0.25, -0.2) is 0 Å². The smallest absolute Gasteiger partial charge is 0.463 e. The van der Waals surface area contributed by atoms with E-state index in [1.807, 2.05) is 13.8 Å². The highest BCUT2D eigenvalue weighted by Gasteiger charge is 2.51. The standard InChI is InChI=1S/C50H73F3N6O22/c1-27-28(2)41(57-29(3)60)47(80-38(27)25-76-31(5)62)74-19-17-72-15-13-70-11-9-54-45(67)35-21-36(23-37(22-35)59-40(66)24-56-49(69)50(51,52)53)46(68)55-10-12-71-14-16-73-18-20-75-48-42(58-30(4)61)44(79-34(8)65)43(78-33(7)64)39(81-48)26-77-32(6)63/h21-23,27-28,38-39,41-44,47-48H,9-20,24-26H2,1-8H3,(H,54,67)(H,55,68)(H,56,69)(H,57,60)(H,58,61)(H,59,66)/t27-,28+,38-,39-,41-,42-,43+,44-,47?,48?/m1/s1. The summed E-state index contributed by atoms with van der Waals surface area (Å²) in [6, 6.07) is 1.86. The summed E-state index contributed by atoms with van der Waals surface area (Å²) < 4.78 is 105. The van der Waals surface area contributed by atoms with Crippen LogP contribution in [0.25, 0.3) is 0 Å². The molecule has 10 atom stereocenters. The Hall–Kier alpha value is -6.61. The van der Waals surface area contributed by atoms with Crippen LogP contribution >= 0.6 is 0 Å². The molecular weight excluding hydrogens is 1090 g/mol. The van der Waals surface area contributed by atoms with Crippen molar-refractivity contribution in [3.05, 3.63) is 29.3 Å². The van der Waals surface area contributed by atoms with Gasteiger partial charge in [-0.1, -0.05) is 13.8 Å². The third kappa shape index (κ3) is 25.8. The van der Waals surface area contributed by atoms with Crippen LogP contribution in [0, 0.1) is 11.8 Å². The number of hydrogen-bond acceptors (Lipinski definition) is 22. The zero-order valence-electron chi connectivity index (χ0n) is 46.2. The summed E-state index contributed by atoms with van der Waals surface area (Å²) in [6.07, 6.45) is -11.6. The predicted octanol–water partition coefficient (Wildman–Crippen LogP) is -0.416. The van der Waals surface area contributed by atoms with Gasteiger partial charge in [0.05, 0.1) is 84.8 Å². The predicted molar refractivity (Wildman–Crippen MR) is 269 cm³/mol. The molecule has 2 aliphatic rings. The molecule has 0 bridgehead atoms. The number of alkyl halides is 3. The molecule has 0 aliphatic carbocycles. The molecular formula is C50H73F3N6O22. The number of carbonyl (C=O) groups is 10. The summed E-state index contributed by atoms with van der Waals surface area (Å²) >= 11 is 0. The highest BCUT2D eigenvalue weighted by atomic mass is 19.4. The molecule has 2 aliphatic heterocycles. The molecule has 81 heavy (non-hydrogen) atoms. The van der Waals surface area contributed by atoms with E-state index in [-0.39, 0.29) is 120 Å². The Kier molecular flexibility index (Phi) is 29.9. The van der Waals surface area contributed by atoms with Crippen LogP contribution in [0.3, 0.4) is 0 Å². The lowest BCUT2D eigenvalue weighted by atomic mass is 9.82. The molecule has 2 saturated heterocycles. The molecule has 0 spiro atoms. The van der Waals surface area contributed by atoms with E-state index >= 15 is 0 Å². The maximum Gasteiger partial charge on any atom is 0.471 e. The van der Waals surface area contributed by atoms with E-state index in [0.29, 0.717) is 0 Å². The van der Waals surface area contributed by atoms with E-state index in [2.05, 4.69) is 26.6 Å². The number of anilines is 1. The number of rotatable bonds is 33. The Balaban J connectivity index is 1.48. The first-order valence-corrected chi connectivity index (χ1v) is 25.6. The Bertz CT molecular complexity index is 2280. The van der Waals surface area contributed by atoms with Gasteiger partial charge in [-0.2, -0.15) is 13.2 Å². The highest BCUT2D eigenvalue weighted by Crippen LogP contribution is 2.32. The van der Waals surface area contributed by atoms with E-state index in [1.165, 1.54) is 32.2 Å². The summed E-state index contributed by atoms with van der Waals surface area (Å²) in [7, 11) is 0. The first-order chi connectivity index (χ1) is 38.3. The van der Waals surface area contributed by atoms with Crippen LogP contribution in [0.2, 0.25) is 0 Å². The van der Waals surface area contributed by atoms with Gasteiger partial charge in [0.1, 0.15) is 25.4 Å². The van der Waals surface area contributed by atoms with E-state index in [9.17, 15) is 61.1 Å². The van der Waals surface area contributed by atoms with Gasteiger partial charge in [-0.15, -0.1) is 0 Å². The number of benzene rings is 1. The minimum atomic E-state index is -5.25. The number of amides is 6. The van der Waals surface area contributed by atoms with Crippen LogP contribution in [0.4, 0.5) is 18.9 Å². The van der Waals surface area contributed by atoms with Crippen molar-refractivity contribution in [1.82, 2.24) is 26.6 Å². The zero-order chi connectivity index (χ0) is 60.2. The van der Waals surface area contributed by atoms with Gasteiger partial charge in [0.2, 0.25) is 17.7 Å². The SMILES string of the molecule is CC(=O)N[C@H]1C(OCCOCCOCCNC(=O)c2cc(NC(=O)CNC(=O)C(F)(F)F)cc(C(=O)NCCOCCOCCOC3O[C@H](COC(C)=O)[C@H](OC(C)=O)[C@H](OC(C)=O)[C@H]3NC(C)=O)c2)O[C@H](COC(C)=O)[C@H](C)[C@@H]1C. The topological polar surface area (TPSA) is 354 Å². The third-order valence-electron chi connectivity index (χ3n) is 11.7. The fraction of sp³-hybridized carbons (Fsp3) is 0.680. The van der Waals surface area contributed by atoms with Crippen LogP contribution < -0.4 is 31.9 Å². The van der Waals surface area contributed by atoms with Gasteiger partial charge in [0.25, 0.3) is 11.8 Å². The van der Waals surface area contributed by atoms with Crippen molar-refractivity contribution in [3.8, 4) is 0 Å². The second kappa shape index (κ2) is 35.3. The normalized spacial score (nSPS) is 22.5. The second-order valence-corrected chi connectivity index (χ2v) is 18.2. The average molecular weight is 1170 g/mol. The molecule has 0 saturated carbocycles. The molecule has 2 unspecified atom stereocenters. The molecule has 1 aromatic carbocycles. The molecule has 456 valence electrons. The fourth-order valence-corrected chi connectivity index (χ4v) is 7.89. The Morgan fingerprint density at radius 2 is 0.951 bits per heavy atom. The summed E-state index contributed by atoms with van der Waals surface area (Å²) in [5.41, 5.74) is -0.454. The van der Waals surface area contributed by atoms with Gasteiger partial charge < -0.3 is 88.7 Å². The monoisotopic (exact) mass is 1170 g/mol. The molecule has 6 N–H and O–H groups in total. The second-order valence-electron chi connectivity index (χ2n) is 18.2. The van der Waals surface area contributed by atoms with E-state index in [4.69, 9.17) is 56.8 Å².